The first kappa shape index (κ1) is 36.4. The first-order valence-electron chi connectivity index (χ1n) is 14.8. The van der Waals surface area contributed by atoms with Crippen molar-refractivity contribution in [3.63, 3.8) is 0 Å². The molecule has 6 rings (SSSR count). The number of carbonyl (C=O) groups is 2. The fourth-order valence-corrected chi connectivity index (χ4v) is 5.19. The van der Waals surface area contributed by atoms with Gasteiger partial charge in [0.1, 0.15) is 0 Å². The third-order valence-electron chi connectivity index (χ3n) is 6.77. The van der Waals surface area contributed by atoms with Gasteiger partial charge in [-0.15, -0.1) is 0 Å². The molecule has 0 amide bonds. The molecule has 48 heavy (non-hydrogen) atoms. The number of esters is 1. The van der Waals surface area contributed by atoms with Gasteiger partial charge in [-0.1, -0.05) is 30.3 Å². The van der Waals surface area contributed by atoms with E-state index in [-0.39, 0.29) is 18.2 Å². The predicted octanol–water partition coefficient (Wildman–Crippen LogP) is 8.28. The summed E-state index contributed by atoms with van der Waals surface area (Å²) in [5.74, 6) is -0.282. The minimum absolute atomic E-state index is 0.0396. The van der Waals surface area contributed by atoms with Gasteiger partial charge in [0.05, 0.1) is 54.4 Å². The van der Waals surface area contributed by atoms with Crippen LogP contribution in [0.5, 0.6) is 0 Å². The molecule has 0 atom stereocenters. The zero-order valence-electron chi connectivity index (χ0n) is 26.9. The minimum atomic E-state index is -0.321. The van der Waals surface area contributed by atoms with Crippen LogP contribution in [0.4, 0.5) is 0 Å². The molecule has 0 N–H and O–H groups in total. The summed E-state index contributed by atoms with van der Waals surface area (Å²) in [5.41, 5.74) is 8.38. The van der Waals surface area contributed by atoms with Gasteiger partial charge in [0.25, 0.3) is 0 Å². The van der Waals surface area contributed by atoms with E-state index in [4.69, 9.17) is 9.47 Å². The molecule has 0 saturated carbocycles. The summed E-state index contributed by atoms with van der Waals surface area (Å²) >= 11 is 6.74. The number of nitrogens with zero attached hydrogens (tertiary/aromatic N) is 4. The second kappa shape index (κ2) is 18.2. The van der Waals surface area contributed by atoms with Gasteiger partial charge in [0.15, 0.2) is 5.78 Å². The second-order valence-electron chi connectivity index (χ2n) is 10.5. The van der Waals surface area contributed by atoms with Gasteiger partial charge in [-0.2, -0.15) is 0 Å². The van der Waals surface area contributed by atoms with Crippen molar-refractivity contribution >= 4 is 65.7 Å². The van der Waals surface area contributed by atoms with Crippen LogP contribution in [-0.2, 0) is 33.8 Å². The van der Waals surface area contributed by atoms with Crippen LogP contribution < -0.4 is 0 Å². The van der Waals surface area contributed by atoms with Crippen molar-refractivity contribution in [3.05, 3.63) is 140 Å². The normalized spacial score (nSPS) is 10.5. The van der Waals surface area contributed by atoms with Crippen LogP contribution in [0.15, 0.2) is 106 Å². The highest BCUT2D eigenvalue weighted by Crippen LogP contribution is 2.18. The first-order valence-corrected chi connectivity index (χ1v) is 16.3. The predicted molar refractivity (Wildman–Crippen MR) is 193 cm³/mol. The van der Waals surface area contributed by atoms with Gasteiger partial charge in [0, 0.05) is 52.5 Å². The van der Waals surface area contributed by atoms with Crippen LogP contribution in [-0.4, -0.2) is 53.0 Å². The number of ether oxygens (including phenoxy) is 3. The number of hydrogen-bond donors (Lipinski definition) is 0. The van der Waals surface area contributed by atoms with Gasteiger partial charge < -0.3 is 14.2 Å². The zero-order chi connectivity index (χ0) is 34.5. The Hall–Kier alpha value is -4.42. The maximum atomic E-state index is 12.5. The molecular weight excluding hydrogens is 740 g/mol. The molecule has 11 heteroatoms. The number of methoxy groups -OCH3 is 3. The van der Waals surface area contributed by atoms with Gasteiger partial charge in [0.2, 0.25) is 0 Å². The van der Waals surface area contributed by atoms with Gasteiger partial charge in [-0.3, -0.25) is 24.7 Å². The van der Waals surface area contributed by atoms with Crippen LogP contribution in [0.25, 0.3) is 22.1 Å². The molecular formula is C37H34Br2N4O5. The van der Waals surface area contributed by atoms with E-state index in [2.05, 4.69) is 56.5 Å². The van der Waals surface area contributed by atoms with Gasteiger partial charge in [-0.05, 0) is 105 Å². The Morgan fingerprint density at radius 3 is 1.77 bits per heavy atom. The third kappa shape index (κ3) is 10.8. The minimum Gasteiger partial charge on any atom is -0.465 e. The lowest BCUT2D eigenvalue weighted by molar-refractivity contribution is 0.0600. The van der Waals surface area contributed by atoms with Crippen molar-refractivity contribution in [3.8, 4) is 0 Å². The smallest absolute Gasteiger partial charge is 0.337 e. The number of benzene rings is 2. The van der Waals surface area contributed by atoms with Crippen molar-refractivity contribution in [1.29, 1.82) is 0 Å². The molecule has 4 aromatic heterocycles. The van der Waals surface area contributed by atoms with E-state index < -0.39 is 0 Å². The Balaban J connectivity index is 0.000000177. The summed E-state index contributed by atoms with van der Waals surface area (Å²) in [6.45, 7) is 2.97. The second-order valence-corrected chi connectivity index (χ2v) is 12.3. The molecule has 246 valence electrons. The van der Waals surface area contributed by atoms with E-state index >= 15 is 0 Å². The van der Waals surface area contributed by atoms with Crippen molar-refractivity contribution in [2.24, 2.45) is 0 Å². The number of carbonyl (C=O) groups excluding carboxylic acids is 2. The summed E-state index contributed by atoms with van der Waals surface area (Å²) < 4.78 is 16.5. The first-order chi connectivity index (χ1) is 23.2. The summed E-state index contributed by atoms with van der Waals surface area (Å²) in [6, 6.07) is 26.2. The summed E-state index contributed by atoms with van der Waals surface area (Å²) in [6.07, 6.45) is 3.77. The molecule has 0 radical (unpaired) electrons. The molecule has 0 aliphatic carbocycles. The SMILES string of the molecule is COCc1cccc(C(=O)Cc2ccc3ncc(Br)cc3n2)c1.COCc1cccc(C(=O)OC)c1.Cc1ccc2ncc(Br)cc2n1. The Morgan fingerprint density at radius 2 is 1.19 bits per heavy atom. The average molecular weight is 775 g/mol. The Bertz CT molecular complexity index is 1990. The lowest BCUT2D eigenvalue weighted by atomic mass is 10.0. The van der Waals surface area contributed by atoms with Crippen molar-refractivity contribution in [1.82, 2.24) is 19.9 Å². The zero-order valence-corrected chi connectivity index (χ0v) is 30.1. The van der Waals surface area contributed by atoms with E-state index in [1.54, 1.807) is 44.8 Å². The van der Waals surface area contributed by atoms with Crippen LogP contribution in [0.1, 0.15) is 43.2 Å². The standard InChI is InChI=1S/C18H15BrN2O2.C10H12O3.C9H7BrN2/c1-23-11-12-3-2-4-13(7-12)18(22)9-15-5-6-16-17(21-15)8-14(19)10-20-16;1-12-7-8-4-3-5-9(6-8)10(11)13-2;1-6-2-3-8-9(12-6)4-7(10)5-11-8/h2-8,10H,9,11H2,1H3;3-6H,7H2,1-2H3;2-5H,1H3. The lowest BCUT2D eigenvalue weighted by Crippen LogP contribution is -2.06. The number of hydrogen-bond acceptors (Lipinski definition) is 9. The molecule has 0 aliphatic rings. The number of halogens is 2. The summed E-state index contributed by atoms with van der Waals surface area (Å²) in [7, 11) is 4.62. The number of rotatable bonds is 8. The Labute approximate surface area is 296 Å². The van der Waals surface area contributed by atoms with Crippen LogP contribution in [0, 0.1) is 6.92 Å². The monoisotopic (exact) mass is 772 g/mol. The van der Waals surface area contributed by atoms with E-state index in [0.29, 0.717) is 24.3 Å². The number of aromatic nitrogens is 4. The Morgan fingerprint density at radius 1 is 0.646 bits per heavy atom. The van der Waals surface area contributed by atoms with Gasteiger partial charge >= 0.3 is 5.97 Å². The fraction of sp³-hybridized carbons (Fsp3) is 0.189. The highest BCUT2D eigenvalue weighted by Gasteiger charge is 2.10. The maximum Gasteiger partial charge on any atom is 0.337 e. The van der Waals surface area contributed by atoms with Gasteiger partial charge in [-0.25, -0.2) is 4.79 Å². The van der Waals surface area contributed by atoms with E-state index in [9.17, 15) is 9.59 Å². The molecule has 0 saturated heterocycles. The van der Waals surface area contributed by atoms with Crippen LogP contribution in [0.3, 0.4) is 0 Å². The quantitative estimate of drug-likeness (QED) is 0.111. The van der Waals surface area contributed by atoms with Crippen LogP contribution >= 0.6 is 31.9 Å². The number of aryl methyl sites for hydroxylation is 1. The average Bonchev–Trinajstić information content (AvgIpc) is 3.08. The molecule has 0 unspecified atom stereocenters. The highest BCUT2D eigenvalue weighted by molar-refractivity contribution is 9.10. The molecule has 4 heterocycles. The summed E-state index contributed by atoms with van der Waals surface area (Å²) in [5, 5.41) is 0. The van der Waals surface area contributed by atoms with Crippen molar-refractivity contribution in [2.75, 3.05) is 21.3 Å². The Kier molecular flexibility index (Phi) is 13.8. The van der Waals surface area contributed by atoms with E-state index in [1.807, 2.05) is 73.7 Å². The van der Waals surface area contributed by atoms with E-state index in [0.717, 1.165) is 53.5 Å². The fourth-order valence-electron chi connectivity index (χ4n) is 4.55. The highest BCUT2D eigenvalue weighted by atomic mass is 79.9. The summed E-state index contributed by atoms with van der Waals surface area (Å²) in [4.78, 5) is 40.9. The molecule has 2 aromatic carbocycles. The van der Waals surface area contributed by atoms with E-state index in [1.165, 1.54) is 7.11 Å². The lowest BCUT2D eigenvalue weighted by Gasteiger charge is -2.05. The molecule has 0 fully saturated rings. The van der Waals surface area contributed by atoms with Crippen molar-refractivity contribution in [2.45, 2.75) is 26.6 Å². The number of pyridine rings is 4. The topological polar surface area (TPSA) is 113 Å². The molecule has 0 bridgehead atoms. The molecule has 0 spiro atoms. The number of fused-ring (bicyclic) bond motifs is 2. The van der Waals surface area contributed by atoms with Crippen LogP contribution in [0.2, 0.25) is 0 Å². The van der Waals surface area contributed by atoms with Crippen molar-refractivity contribution < 1.29 is 23.8 Å². The third-order valence-corrected chi connectivity index (χ3v) is 7.63. The molecule has 6 aromatic rings. The molecule has 9 nitrogen and oxygen atoms in total. The number of ketones is 1. The largest absolute Gasteiger partial charge is 0.465 e. The number of Topliss-reactive ketones (excluding diaryl/α,β-unsaturated/α-hetero) is 1. The maximum absolute atomic E-state index is 12.5. The molecule has 0 aliphatic heterocycles.